The summed E-state index contributed by atoms with van der Waals surface area (Å²) in [5.74, 6) is 0.720. The fourth-order valence-corrected chi connectivity index (χ4v) is 1.71. The molecule has 1 N–H and O–H groups in total. The molecule has 0 atom stereocenters. The average Bonchev–Trinajstić information content (AvgIpc) is 2.23. The first kappa shape index (κ1) is 17.0. The molecule has 0 aliphatic carbocycles. The number of rotatable bonds is 4. The molecule has 0 spiro atoms. The second-order valence-corrected chi connectivity index (χ2v) is 7.72. The van der Waals surface area contributed by atoms with Crippen LogP contribution in [0.5, 0.6) is 5.88 Å². The van der Waals surface area contributed by atoms with Crippen LogP contribution in [-0.4, -0.2) is 16.6 Å². The van der Waals surface area contributed by atoms with Gasteiger partial charge in [0.1, 0.15) is 0 Å². The molecule has 0 fully saturated rings. The number of aromatic nitrogens is 1. The highest BCUT2D eigenvalue weighted by atomic mass is 16.5. The summed E-state index contributed by atoms with van der Waals surface area (Å²) in [7, 11) is 0. The van der Waals surface area contributed by atoms with Gasteiger partial charge in [0.25, 0.3) is 0 Å². The largest absolute Gasteiger partial charge is 0.475 e. The first-order valence-electron chi connectivity index (χ1n) is 7.40. The Kier molecular flexibility index (Phi) is 5.20. The van der Waals surface area contributed by atoms with Gasteiger partial charge >= 0.3 is 0 Å². The van der Waals surface area contributed by atoms with Gasteiger partial charge in [-0.15, -0.1) is 0 Å². The molecule has 1 aromatic rings. The lowest BCUT2D eigenvalue weighted by molar-refractivity contribution is 0.230. The minimum atomic E-state index is 0.0207. The van der Waals surface area contributed by atoms with E-state index < -0.39 is 0 Å². The van der Waals surface area contributed by atoms with E-state index in [2.05, 4.69) is 57.9 Å². The Morgan fingerprint density at radius 2 is 1.70 bits per heavy atom. The zero-order valence-corrected chi connectivity index (χ0v) is 14.3. The second-order valence-electron chi connectivity index (χ2n) is 7.72. The van der Waals surface area contributed by atoms with Crippen LogP contribution in [0.3, 0.4) is 0 Å². The van der Waals surface area contributed by atoms with Gasteiger partial charge in [0, 0.05) is 23.6 Å². The number of hydrogen-bond donors (Lipinski definition) is 1. The van der Waals surface area contributed by atoms with Crippen molar-refractivity contribution in [2.75, 3.05) is 0 Å². The van der Waals surface area contributed by atoms with E-state index in [4.69, 9.17) is 4.74 Å². The average molecular weight is 278 g/mol. The topological polar surface area (TPSA) is 34.1 Å². The minimum absolute atomic E-state index is 0.0207. The SMILES string of the molecule is CC(C)Oc1cc(CNC(C)(C)C)cc(C(C)(C)C)n1. The molecule has 20 heavy (non-hydrogen) atoms. The summed E-state index contributed by atoms with van der Waals surface area (Å²) in [6.45, 7) is 17.9. The third-order valence-corrected chi connectivity index (χ3v) is 2.81. The van der Waals surface area contributed by atoms with E-state index >= 15 is 0 Å². The van der Waals surface area contributed by atoms with Crippen molar-refractivity contribution >= 4 is 0 Å². The Hall–Kier alpha value is -1.09. The monoisotopic (exact) mass is 278 g/mol. The summed E-state index contributed by atoms with van der Waals surface area (Å²) < 4.78 is 5.78. The molecule has 0 aliphatic rings. The highest BCUT2D eigenvalue weighted by Gasteiger charge is 2.18. The summed E-state index contributed by atoms with van der Waals surface area (Å²) in [6.07, 6.45) is 0.140. The maximum absolute atomic E-state index is 5.78. The van der Waals surface area contributed by atoms with Crippen LogP contribution in [0.2, 0.25) is 0 Å². The number of pyridine rings is 1. The number of nitrogens with one attached hydrogen (secondary N) is 1. The van der Waals surface area contributed by atoms with Crippen LogP contribution >= 0.6 is 0 Å². The predicted molar refractivity (Wildman–Crippen MR) is 85.3 cm³/mol. The van der Waals surface area contributed by atoms with Crippen molar-refractivity contribution in [3.05, 3.63) is 23.4 Å². The van der Waals surface area contributed by atoms with E-state index in [0.29, 0.717) is 0 Å². The highest BCUT2D eigenvalue weighted by molar-refractivity contribution is 5.28. The van der Waals surface area contributed by atoms with Crippen LogP contribution in [0.4, 0.5) is 0 Å². The maximum atomic E-state index is 5.78. The van der Waals surface area contributed by atoms with Gasteiger partial charge in [-0.1, -0.05) is 20.8 Å². The molecule has 114 valence electrons. The molecule has 0 aliphatic heterocycles. The van der Waals surface area contributed by atoms with Gasteiger partial charge in [0.2, 0.25) is 5.88 Å². The molecular weight excluding hydrogens is 248 g/mol. The van der Waals surface area contributed by atoms with Gasteiger partial charge in [0.15, 0.2) is 0 Å². The number of hydrogen-bond acceptors (Lipinski definition) is 3. The molecule has 3 nitrogen and oxygen atoms in total. The highest BCUT2D eigenvalue weighted by Crippen LogP contribution is 2.25. The van der Waals surface area contributed by atoms with Gasteiger partial charge in [-0.2, -0.15) is 0 Å². The van der Waals surface area contributed by atoms with Gasteiger partial charge in [-0.3, -0.25) is 0 Å². The smallest absolute Gasteiger partial charge is 0.214 e. The molecule has 0 unspecified atom stereocenters. The Morgan fingerprint density at radius 1 is 1.10 bits per heavy atom. The standard InChI is InChI=1S/C17H30N2O/c1-12(2)20-15-10-13(11-18-17(6,7)8)9-14(19-15)16(3,4)5/h9-10,12,18H,11H2,1-8H3. The summed E-state index contributed by atoms with van der Waals surface area (Å²) in [6, 6.07) is 4.21. The van der Waals surface area contributed by atoms with E-state index in [0.717, 1.165) is 18.1 Å². The Labute approximate surface area is 124 Å². The van der Waals surface area contributed by atoms with Gasteiger partial charge in [-0.25, -0.2) is 4.98 Å². The first-order chi connectivity index (χ1) is 8.97. The fourth-order valence-electron chi connectivity index (χ4n) is 1.71. The molecule has 0 amide bonds. The van der Waals surface area contributed by atoms with Crippen molar-refractivity contribution in [3.63, 3.8) is 0 Å². The lowest BCUT2D eigenvalue weighted by Crippen LogP contribution is -2.35. The van der Waals surface area contributed by atoms with Gasteiger partial charge in [0.05, 0.1) is 11.8 Å². The van der Waals surface area contributed by atoms with Crippen molar-refractivity contribution in [1.82, 2.24) is 10.3 Å². The van der Waals surface area contributed by atoms with Crippen molar-refractivity contribution < 1.29 is 4.74 Å². The lowest BCUT2D eigenvalue weighted by atomic mass is 9.90. The van der Waals surface area contributed by atoms with Crippen molar-refractivity contribution in [1.29, 1.82) is 0 Å². The molecule has 1 aromatic heterocycles. The molecular formula is C17H30N2O. The van der Waals surface area contributed by atoms with Crippen LogP contribution in [0.25, 0.3) is 0 Å². The molecule has 0 saturated heterocycles. The van der Waals surface area contributed by atoms with E-state index in [1.54, 1.807) is 0 Å². The van der Waals surface area contributed by atoms with Crippen molar-refractivity contribution in [2.45, 2.75) is 79.0 Å². The van der Waals surface area contributed by atoms with E-state index in [-0.39, 0.29) is 17.1 Å². The van der Waals surface area contributed by atoms with E-state index in [9.17, 15) is 0 Å². The molecule has 0 radical (unpaired) electrons. The molecule has 1 heterocycles. The van der Waals surface area contributed by atoms with Crippen LogP contribution < -0.4 is 10.1 Å². The first-order valence-corrected chi connectivity index (χ1v) is 7.40. The van der Waals surface area contributed by atoms with E-state index in [1.165, 1.54) is 5.56 Å². The molecule has 0 saturated carbocycles. The number of ether oxygens (including phenoxy) is 1. The molecule has 0 aromatic carbocycles. The third kappa shape index (κ3) is 5.91. The lowest BCUT2D eigenvalue weighted by Gasteiger charge is -2.23. The molecule has 3 heteroatoms. The van der Waals surface area contributed by atoms with Gasteiger partial charge in [-0.05, 0) is 46.2 Å². The Bertz CT molecular complexity index is 439. The normalized spacial score (nSPS) is 12.8. The third-order valence-electron chi connectivity index (χ3n) is 2.81. The maximum Gasteiger partial charge on any atom is 0.214 e. The summed E-state index contributed by atoms with van der Waals surface area (Å²) in [5, 5.41) is 3.51. The molecule has 1 rings (SSSR count). The quantitative estimate of drug-likeness (QED) is 0.902. The summed E-state index contributed by atoms with van der Waals surface area (Å²) >= 11 is 0. The van der Waals surface area contributed by atoms with Crippen LogP contribution in [0.1, 0.15) is 66.6 Å². The van der Waals surface area contributed by atoms with E-state index in [1.807, 2.05) is 19.9 Å². The summed E-state index contributed by atoms with van der Waals surface area (Å²) in [4.78, 5) is 4.64. The predicted octanol–water partition coefficient (Wildman–Crippen LogP) is 4.05. The Morgan fingerprint density at radius 3 is 2.15 bits per heavy atom. The number of nitrogens with zero attached hydrogens (tertiary/aromatic N) is 1. The van der Waals surface area contributed by atoms with Crippen LogP contribution in [-0.2, 0) is 12.0 Å². The minimum Gasteiger partial charge on any atom is -0.475 e. The molecule has 0 bridgehead atoms. The zero-order valence-electron chi connectivity index (χ0n) is 14.3. The second kappa shape index (κ2) is 6.13. The fraction of sp³-hybridized carbons (Fsp3) is 0.706. The Balaban J connectivity index is 3.04. The van der Waals surface area contributed by atoms with Crippen LogP contribution in [0, 0.1) is 0 Å². The van der Waals surface area contributed by atoms with Crippen molar-refractivity contribution in [2.24, 2.45) is 0 Å². The summed E-state index contributed by atoms with van der Waals surface area (Å²) in [5.41, 5.74) is 2.41. The zero-order chi connectivity index (χ0) is 15.6. The van der Waals surface area contributed by atoms with Crippen molar-refractivity contribution in [3.8, 4) is 5.88 Å². The van der Waals surface area contributed by atoms with Crippen LogP contribution in [0.15, 0.2) is 12.1 Å². The van der Waals surface area contributed by atoms with Gasteiger partial charge < -0.3 is 10.1 Å².